The van der Waals surface area contributed by atoms with Crippen LogP contribution in [0.5, 0.6) is 0 Å². The normalized spacial score (nSPS) is 12.9. The zero-order valence-electron chi connectivity index (χ0n) is 30.6. The quantitative estimate of drug-likeness (QED) is 0.133. The van der Waals surface area contributed by atoms with Crippen LogP contribution in [0.3, 0.4) is 0 Å². The minimum absolute atomic E-state index is 0.105. The summed E-state index contributed by atoms with van der Waals surface area (Å²) in [7, 11) is 0. The third-order valence-electron chi connectivity index (χ3n) is 11.3. The highest BCUT2D eigenvalue weighted by atomic mass is 32.1. The van der Waals surface area contributed by atoms with Crippen molar-refractivity contribution in [2.24, 2.45) is 0 Å². The van der Waals surface area contributed by atoms with Crippen LogP contribution in [0.2, 0.25) is 0 Å². The summed E-state index contributed by atoms with van der Waals surface area (Å²) in [6, 6.07) is 52.7. The molecule has 0 spiro atoms. The van der Waals surface area contributed by atoms with E-state index in [1.165, 1.54) is 47.8 Å². The largest absolute Gasteiger partial charge is 0.247 e. The molecule has 1 aliphatic carbocycles. The summed E-state index contributed by atoms with van der Waals surface area (Å²) >= 11 is 1.82. The molecular weight excluding hydrogens is 703 g/mol. The summed E-state index contributed by atoms with van der Waals surface area (Å²) in [6.07, 6.45) is 0. The molecule has 56 heavy (non-hydrogen) atoms. The Balaban J connectivity index is 1.17. The van der Waals surface area contributed by atoms with Crippen LogP contribution in [-0.4, -0.2) is 19.9 Å². The first-order chi connectivity index (χ1) is 27.4. The zero-order valence-corrected chi connectivity index (χ0v) is 31.4. The second kappa shape index (κ2) is 12.2. The first-order valence-electron chi connectivity index (χ1n) is 18.7. The molecule has 11 rings (SSSR count). The molecule has 10 aromatic rings. The fraction of sp³-hybridized carbons (Fsp3) is 0.0600. The van der Waals surface area contributed by atoms with Gasteiger partial charge in [-0.15, -0.1) is 11.3 Å². The Morgan fingerprint density at radius 3 is 1.95 bits per heavy atom. The highest BCUT2D eigenvalue weighted by Crippen LogP contribution is 2.49. The maximum absolute atomic E-state index is 7.50. The van der Waals surface area contributed by atoms with Gasteiger partial charge >= 0.3 is 0 Å². The van der Waals surface area contributed by atoms with E-state index in [2.05, 4.69) is 140 Å². The number of nitrogens with zero attached hydrogens (tertiary/aromatic N) is 5. The summed E-state index contributed by atoms with van der Waals surface area (Å²) in [5.41, 5.74) is 11.1. The molecule has 0 saturated carbocycles. The monoisotopic (exact) mass is 733 g/mol. The van der Waals surface area contributed by atoms with Crippen molar-refractivity contribution in [2.45, 2.75) is 19.3 Å². The SMILES string of the molecule is [C-]#[N+]c1ccc(-c2nc(-c3ccc4c(c3)-c3ccccc3C4(C)C)nc(-c3ccc4nc(-c5ccccc5)c5ccc6sc7ccccc7c6c5c4c3)n2)cc1. The van der Waals surface area contributed by atoms with Crippen LogP contribution in [0.1, 0.15) is 25.0 Å². The molecule has 0 N–H and O–H groups in total. The lowest BCUT2D eigenvalue weighted by atomic mass is 9.82. The summed E-state index contributed by atoms with van der Waals surface area (Å²) in [5, 5.41) is 5.81. The lowest BCUT2D eigenvalue weighted by molar-refractivity contribution is 0.660. The molecular formula is C50H31N5S. The van der Waals surface area contributed by atoms with Gasteiger partial charge in [0.2, 0.25) is 0 Å². The van der Waals surface area contributed by atoms with Crippen molar-refractivity contribution in [2.75, 3.05) is 0 Å². The van der Waals surface area contributed by atoms with Gasteiger partial charge in [-0.2, -0.15) is 0 Å². The van der Waals surface area contributed by atoms with E-state index in [0.717, 1.165) is 44.2 Å². The van der Waals surface area contributed by atoms with Crippen molar-refractivity contribution >= 4 is 58.9 Å². The van der Waals surface area contributed by atoms with Crippen molar-refractivity contribution in [3.63, 3.8) is 0 Å². The molecule has 0 amide bonds. The molecule has 0 bridgehead atoms. The average Bonchev–Trinajstić information content (AvgIpc) is 3.75. The standard InChI is InChI=1S/C50H31N5S/c1-50(2)39-15-9-7-13-34(39)37-27-31(19-24-40(37)50)48-53-47(30-17-21-33(51-3)22-18-30)54-49(55-48)32-20-25-41-38(28-32)44-36(46(52-41)29-11-5-4-6-12-29)23-26-43-45(44)35-14-8-10-16-42(35)56-43/h4-28H,1-2H3. The molecule has 0 atom stereocenters. The van der Waals surface area contributed by atoms with E-state index in [-0.39, 0.29) is 5.41 Å². The summed E-state index contributed by atoms with van der Waals surface area (Å²) in [4.78, 5) is 24.3. The zero-order chi connectivity index (χ0) is 37.5. The van der Waals surface area contributed by atoms with Crippen LogP contribution in [-0.2, 0) is 5.41 Å². The third kappa shape index (κ3) is 4.91. The maximum Gasteiger partial charge on any atom is 0.187 e. The highest BCUT2D eigenvalue weighted by Gasteiger charge is 2.35. The number of thiophene rings is 1. The van der Waals surface area contributed by atoms with Crippen molar-refractivity contribution in [1.82, 2.24) is 19.9 Å². The molecule has 0 saturated heterocycles. The Kier molecular flexibility index (Phi) is 7.07. The van der Waals surface area contributed by atoms with Crippen LogP contribution >= 0.6 is 11.3 Å². The summed E-state index contributed by atoms with van der Waals surface area (Å²) in [5.74, 6) is 1.72. The fourth-order valence-electron chi connectivity index (χ4n) is 8.57. The Labute approximate surface area is 327 Å². The van der Waals surface area contributed by atoms with Crippen molar-refractivity contribution < 1.29 is 0 Å². The molecule has 1 aliphatic rings. The molecule has 7 aromatic carbocycles. The Hall–Kier alpha value is -7.07. The van der Waals surface area contributed by atoms with Gasteiger partial charge in [0.15, 0.2) is 23.2 Å². The van der Waals surface area contributed by atoms with Crippen molar-refractivity contribution in [3.05, 3.63) is 174 Å². The summed E-state index contributed by atoms with van der Waals surface area (Å²) in [6.45, 7) is 12.1. The lowest BCUT2D eigenvalue weighted by Gasteiger charge is -2.21. The molecule has 0 fully saturated rings. The van der Waals surface area contributed by atoms with E-state index in [1.807, 2.05) is 41.7 Å². The lowest BCUT2D eigenvalue weighted by Crippen LogP contribution is -2.14. The van der Waals surface area contributed by atoms with Gasteiger partial charge in [0.25, 0.3) is 0 Å². The third-order valence-corrected chi connectivity index (χ3v) is 12.5. The first-order valence-corrected chi connectivity index (χ1v) is 19.5. The fourth-order valence-corrected chi connectivity index (χ4v) is 9.68. The number of benzene rings is 7. The number of hydrogen-bond donors (Lipinski definition) is 0. The molecule has 0 unspecified atom stereocenters. The van der Waals surface area contributed by atoms with Gasteiger partial charge in [0, 0.05) is 64.0 Å². The molecule has 262 valence electrons. The Morgan fingerprint density at radius 2 is 1.14 bits per heavy atom. The maximum atomic E-state index is 7.50. The Morgan fingerprint density at radius 1 is 0.482 bits per heavy atom. The smallest absolute Gasteiger partial charge is 0.187 e. The van der Waals surface area contributed by atoms with Crippen molar-refractivity contribution in [1.29, 1.82) is 0 Å². The molecule has 0 radical (unpaired) electrons. The van der Waals surface area contributed by atoms with E-state index in [1.54, 1.807) is 0 Å². The highest BCUT2D eigenvalue weighted by molar-refractivity contribution is 7.26. The van der Waals surface area contributed by atoms with Gasteiger partial charge in [-0.3, -0.25) is 0 Å². The minimum atomic E-state index is -0.105. The number of pyridine rings is 1. The van der Waals surface area contributed by atoms with E-state index in [9.17, 15) is 0 Å². The van der Waals surface area contributed by atoms with Crippen molar-refractivity contribution in [3.8, 4) is 56.5 Å². The summed E-state index contributed by atoms with van der Waals surface area (Å²) < 4.78 is 2.50. The van der Waals surface area contributed by atoms with Gasteiger partial charge in [0.05, 0.1) is 17.8 Å². The average molecular weight is 734 g/mol. The van der Waals surface area contributed by atoms with Gasteiger partial charge < -0.3 is 0 Å². The van der Waals surface area contributed by atoms with Gasteiger partial charge in [-0.25, -0.2) is 24.8 Å². The van der Waals surface area contributed by atoms with Gasteiger partial charge in [-0.1, -0.05) is 129 Å². The van der Waals surface area contributed by atoms with Crippen LogP contribution in [0.25, 0.3) is 103 Å². The minimum Gasteiger partial charge on any atom is -0.247 e. The molecule has 5 nitrogen and oxygen atoms in total. The molecule has 6 heteroatoms. The number of rotatable bonds is 4. The van der Waals surface area contributed by atoms with E-state index >= 15 is 0 Å². The second-order valence-corrected chi connectivity index (χ2v) is 16.0. The predicted octanol–water partition coefficient (Wildman–Crippen LogP) is 13.5. The van der Waals surface area contributed by atoms with Gasteiger partial charge in [0.1, 0.15) is 0 Å². The van der Waals surface area contributed by atoms with E-state index in [0.29, 0.717) is 23.2 Å². The molecule has 3 aromatic heterocycles. The van der Waals surface area contributed by atoms with Gasteiger partial charge in [-0.05, 0) is 58.7 Å². The second-order valence-electron chi connectivity index (χ2n) is 14.9. The van der Waals surface area contributed by atoms with E-state index < -0.39 is 0 Å². The Bertz CT molecular complexity index is 3280. The molecule has 0 aliphatic heterocycles. The number of fused-ring (bicyclic) bond motifs is 10. The topological polar surface area (TPSA) is 55.9 Å². The first kappa shape index (κ1) is 32.4. The van der Waals surface area contributed by atoms with Crippen LogP contribution in [0, 0.1) is 6.57 Å². The number of hydrogen-bond acceptors (Lipinski definition) is 5. The number of aromatic nitrogens is 4. The van der Waals surface area contributed by atoms with Crippen LogP contribution in [0.15, 0.2) is 152 Å². The van der Waals surface area contributed by atoms with E-state index in [4.69, 9.17) is 26.5 Å². The van der Waals surface area contributed by atoms with Crippen LogP contribution in [0.4, 0.5) is 5.69 Å². The van der Waals surface area contributed by atoms with Crippen LogP contribution < -0.4 is 0 Å². The predicted molar refractivity (Wildman–Crippen MR) is 231 cm³/mol. The molecule has 3 heterocycles.